The molecule has 0 aliphatic carbocycles. The number of nitrogens with one attached hydrogen (secondary N) is 1. The highest BCUT2D eigenvalue weighted by atomic mass is 16.5. The Labute approximate surface area is 199 Å². The molecule has 0 spiro atoms. The third-order valence-electron chi connectivity index (χ3n) is 5.42. The fourth-order valence-electron chi connectivity index (χ4n) is 3.67. The molecule has 2 rings (SSSR count). The van der Waals surface area contributed by atoms with Gasteiger partial charge in [0.2, 0.25) is 5.91 Å². The first-order valence-electron chi connectivity index (χ1n) is 12.0. The van der Waals surface area contributed by atoms with Gasteiger partial charge in [0.25, 0.3) is 0 Å². The summed E-state index contributed by atoms with van der Waals surface area (Å²) in [5.74, 6) is 1.71. The molecule has 0 saturated heterocycles. The van der Waals surface area contributed by atoms with Gasteiger partial charge in [0.15, 0.2) is 0 Å². The van der Waals surface area contributed by atoms with Gasteiger partial charge in [0.1, 0.15) is 12.4 Å². The lowest BCUT2D eigenvalue weighted by molar-refractivity contribution is -0.124. The first-order valence-corrected chi connectivity index (χ1v) is 12.0. The largest absolute Gasteiger partial charge is 0.489 e. The second-order valence-electron chi connectivity index (χ2n) is 10.4. The highest BCUT2D eigenvalue weighted by Crippen LogP contribution is 2.23. The maximum absolute atomic E-state index is 12.6. The number of carbonyl (C=O) groups excluding carboxylic acids is 1. The van der Waals surface area contributed by atoms with Gasteiger partial charge in [0, 0.05) is 36.7 Å². The van der Waals surface area contributed by atoms with Crippen molar-refractivity contribution in [2.24, 2.45) is 17.6 Å². The van der Waals surface area contributed by atoms with Gasteiger partial charge >= 0.3 is 0 Å². The summed E-state index contributed by atoms with van der Waals surface area (Å²) < 4.78 is 5.91. The lowest BCUT2D eigenvalue weighted by atomic mass is 9.99. The van der Waals surface area contributed by atoms with E-state index in [2.05, 4.69) is 68.9 Å². The van der Waals surface area contributed by atoms with Crippen molar-refractivity contribution >= 4 is 11.6 Å². The molecule has 6 nitrogen and oxygen atoms in total. The number of benzene rings is 1. The molecule has 2 aromatic rings. The number of nitrogens with two attached hydrogens (primary N) is 1. The Hall–Kier alpha value is -2.60. The molecule has 1 aromatic carbocycles. The van der Waals surface area contributed by atoms with Gasteiger partial charge in [-0.05, 0) is 68.9 Å². The van der Waals surface area contributed by atoms with Crippen LogP contribution in [0.25, 0.3) is 0 Å². The van der Waals surface area contributed by atoms with Crippen LogP contribution in [0.5, 0.6) is 5.75 Å². The van der Waals surface area contributed by atoms with Gasteiger partial charge in [-0.3, -0.25) is 9.78 Å². The van der Waals surface area contributed by atoms with Crippen LogP contribution in [0.4, 0.5) is 5.69 Å². The molecule has 0 aliphatic rings. The molecule has 0 fully saturated rings. The molecule has 0 bridgehead atoms. The van der Waals surface area contributed by atoms with Crippen molar-refractivity contribution in [2.75, 3.05) is 18.0 Å². The fourth-order valence-corrected chi connectivity index (χ4v) is 3.67. The van der Waals surface area contributed by atoms with E-state index in [-0.39, 0.29) is 5.91 Å². The molecule has 1 aromatic heterocycles. The lowest BCUT2D eigenvalue weighted by Gasteiger charge is -2.36. The van der Waals surface area contributed by atoms with Crippen LogP contribution in [0, 0.1) is 11.8 Å². The molecule has 182 valence electrons. The minimum absolute atomic E-state index is 0.0864. The predicted molar refractivity (Wildman–Crippen MR) is 136 cm³/mol. The number of nitrogens with zero attached hydrogens (tertiary/aromatic N) is 2. The van der Waals surface area contributed by atoms with Gasteiger partial charge in [-0.1, -0.05) is 33.8 Å². The molecule has 1 heterocycles. The van der Waals surface area contributed by atoms with E-state index in [9.17, 15) is 4.79 Å². The Bertz CT molecular complexity index is 835. The molecular formula is C27H42N4O2. The zero-order valence-corrected chi connectivity index (χ0v) is 21.2. The Morgan fingerprint density at radius 3 is 2.39 bits per heavy atom. The minimum Gasteiger partial charge on any atom is -0.489 e. The van der Waals surface area contributed by atoms with Gasteiger partial charge in [-0.15, -0.1) is 0 Å². The van der Waals surface area contributed by atoms with E-state index in [1.807, 2.05) is 30.5 Å². The van der Waals surface area contributed by atoms with E-state index in [0.29, 0.717) is 31.4 Å². The van der Waals surface area contributed by atoms with Crippen LogP contribution < -0.4 is 20.7 Å². The molecule has 0 aliphatic heterocycles. The summed E-state index contributed by atoms with van der Waals surface area (Å²) >= 11 is 0. The molecule has 6 heteroatoms. The Morgan fingerprint density at radius 2 is 1.82 bits per heavy atom. The van der Waals surface area contributed by atoms with E-state index in [1.54, 1.807) is 6.20 Å². The highest BCUT2D eigenvalue weighted by molar-refractivity contribution is 5.82. The molecule has 1 atom stereocenters. The summed E-state index contributed by atoms with van der Waals surface area (Å²) in [6, 6.07) is 11.6. The van der Waals surface area contributed by atoms with Crippen molar-refractivity contribution in [3.63, 3.8) is 0 Å². The van der Waals surface area contributed by atoms with Gasteiger partial charge in [-0.25, -0.2) is 0 Å². The summed E-state index contributed by atoms with van der Waals surface area (Å²) in [6.45, 7) is 14.8. The number of hydrogen-bond donors (Lipinski definition) is 2. The van der Waals surface area contributed by atoms with Crippen LogP contribution in [0.15, 0.2) is 48.8 Å². The maximum atomic E-state index is 12.6. The smallest absolute Gasteiger partial charge is 0.237 e. The Morgan fingerprint density at radius 1 is 1.12 bits per heavy atom. The zero-order valence-electron chi connectivity index (χ0n) is 21.2. The maximum Gasteiger partial charge on any atom is 0.237 e. The molecule has 0 saturated carbocycles. The van der Waals surface area contributed by atoms with Gasteiger partial charge in [0.05, 0.1) is 11.6 Å². The average molecular weight is 455 g/mol. The Balaban J connectivity index is 2.05. The molecule has 1 amide bonds. The monoisotopic (exact) mass is 454 g/mol. The Kier molecular flexibility index (Phi) is 10.2. The van der Waals surface area contributed by atoms with E-state index in [4.69, 9.17) is 10.5 Å². The second kappa shape index (κ2) is 12.6. The molecule has 0 radical (unpaired) electrons. The summed E-state index contributed by atoms with van der Waals surface area (Å²) in [5.41, 5.74) is 7.84. The topological polar surface area (TPSA) is 80.5 Å². The average Bonchev–Trinajstić information content (AvgIpc) is 2.75. The number of anilines is 1. The van der Waals surface area contributed by atoms with Crippen molar-refractivity contribution in [3.05, 3.63) is 54.4 Å². The first kappa shape index (κ1) is 26.7. The third kappa shape index (κ3) is 9.82. The number of hydrogen-bond acceptors (Lipinski definition) is 5. The van der Waals surface area contributed by atoms with Gasteiger partial charge < -0.3 is 20.7 Å². The van der Waals surface area contributed by atoms with Crippen molar-refractivity contribution in [2.45, 2.75) is 72.6 Å². The first-order chi connectivity index (χ1) is 15.6. The number of rotatable bonds is 13. The lowest BCUT2D eigenvalue weighted by Crippen LogP contribution is -2.56. The van der Waals surface area contributed by atoms with Crippen molar-refractivity contribution in [1.29, 1.82) is 0 Å². The SMILES string of the molecule is CC(C)CCN(CC(C)(C)NC(=O)C(N)CC(C)C)c1ccc(OCc2cccnc2)cc1. The van der Waals surface area contributed by atoms with E-state index in [1.165, 1.54) is 0 Å². The molecule has 1 unspecified atom stereocenters. The summed E-state index contributed by atoms with van der Waals surface area (Å²) in [6.07, 6.45) is 5.31. The molecule has 3 N–H and O–H groups in total. The minimum atomic E-state index is -0.482. The number of carbonyl (C=O) groups is 1. The predicted octanol–water partition coefficient (Wildman–Crippen LogP) is 4.78. The van der Waals surface area contributed by atoms with E-state index in [0.717, 1.165) is 30.0 Å². The van der Waals surface area contributed by atoms with Crippen LogP contribution in [-0.2, 0) is 11.4 Å². The van der Waals surface area contributed by atoms with E-state index >= 15 is 0 Å². The number of aromatic nitrogens is 1. The van der Waals surface area contributed by atoms with Crippen molar-refractivity contribution < 1.29 is 9.53 Å². The summed E-state index contributed by atoms with van der Waals surface area (Å²) in [5, 5.41) is 3.16. The number of pyridine rings is 1. The fraction of sp³-hybridized carbons (Fsp3) is 0.556. The van der Waals surface area contributed by atoms with Gasteiger partial charge in [-0.2, -0.15) is 0 Å². The third-order valence-corrected chi connectivity index (χ3v) is 5.42. The number of amides is 1. The zero-order chi connectivity index (χ0) is 24.4. The normalized spacial score (nSPS) is 12.6. The molecule has 33 heavy (non-hydrogen) atoms. The van der Waals surface area contributed by atoms with E-state index < -0.39 is 11.6 Å². The number of ether oxygens (including phenoxy) is 1. The second-order valence-corrected chi connectivity index (χ2v) is 10.4. The van der Waals surface area contributed by atoms with Crippen molar-refractivity contribution in [3.8, 4) is 5.75 Å². The van der Waals surface area contributed by atoms with Crippen LogP contribution >= 0.6 is 0 Å². The molecular weight excluding hydrogens is 412 g/mol. The van der Waals surface area contributed by atoms with Crippen LogP contribution in [0.2, 0.25) is 0 Å². The van der Waals surface area contributed by atoms with Crippen LogP contribution in [0.3, 0.4) is 0 Å². The van der Waals surface area contributed by atoms with Crippen molar-refractivity contribution in [1.82, 2.24) is 10.3 Å². The van der Waals surface area contributed by atoms with Crippen LogP contribution in [-0.4, -0.2) is 35.6 Å². The summed E-state index contributed by atoms with van der Waals surface area (Å²) in [7, 11) is 0. The highest BCUT2D eigenvalue weighted by Gasteiger charge is 2.27. The standard InChI is InChI=1S/C27H42N4O2/c1-20(2)13-15-31(19-27(5,6)30-26(32)25(28)16-21(3)4)23-9-11-24(12-10-23)33-18-22-8-7-14-29-17-22/h7-12,14,17,20-21,25H,13,15-16,18-19,28H2,1-6H3,(H,30,32). The quantitative estimate of drug-likeness (QED) is 0.455. The summed E-state index contributed by atoms with van der Waals surface area (Å²) in [4.78, 5) is 19.1. The van der Waals surface area contributed by atoms with Crippen LogP contribution in [0.1, 0.15) is 59.9 Å².